The van der Waals surface area contributed by atoms with E-state index in [9.17, 15) is 9.59 Å². The summed E-state index contributed by atoms with van der Waals surface area (Å²) in [6.07, 6.45) is 1.43. The number of methoxy groups -OCH3 is 1. The molecule has 1 heterocycles. The molecular weight excluding hydrogens is 368 g/mol. The SMILES string of the molecule is COc1cccc([C@H](CNC(=O)Cn2cnc3c(C)cccc3c2=O)N(C)C)c1. The zero-order valence-corrected chi connectivity index (χ0v) is 17.2. The number of carbonyl (C=O) groups is 1. The number of nitrogens with zero attached hydrogens (tertiary/aromatic N) is 3. The number of nitrogens with one attached hydrogen (secondary N) is 1. The van der Waals surface area contributed by atoms with Crippen molar-refractivity contribution in [3.05, 3.63) is 70.3 Å². The number of hydrogen-bond donors (Lipinski definition) is 1. The van der Waals surface area contributed by atoms with Gasteiger partial charge in [-0.25, -0.2) is 4.98 Å². The quantitative estimate of drug-likeness (QED) is 0.664. The summed E-state index contributed by atoms with van der Waals surface area (Å²) in [7, 11) is 5.54. The number of aromatic nitrogens is 2. The predicted octanol–water partition coefficient (Wildman–Crippen LogP) is 2.13. The van der Waals surface area contributed by atoms with Gasteiger partial charge < -0.3 is 15.0 Å². The summed E-state index contributed by atoms with van der Waals surface area (Å²) in [6, 6.07) is 13.2. The van der Waals surface area contributed by atoms with Gasteiger partial charge in [-0.3, -0.25) is 14.2 Å². The summed E-state index contributed by atoms with van der Waals surface area (Å²) in [5.74, 6) is 0.528. The molecular formula is C22H26N4O3. The van der Waals surface area contributed by atoms with Gasteiger partial charge in [-0.15, -0.1) is 0 Å². The molecule has 0 aliphatic heterocycles. The van der Waals surface area contributed by atoms with Crippen LogP contribution in [0, 0.1) is 6.92 Å². The Morgan fingerprint density at radius 3 is 2.72 bits per heavy atom. The van der Waals surface area contributed by atoms with Crippen LogP contribution in [0.4, 0.5) is 0 Å². The first-order valence-corrected chi connectivity index (χ1v) is 9.42. The fourth-order valence-corrected chi connectivity index (χ4v) is 3.32. The van der Waals surface area contributed by atoms with Crippen LogP contribution in [-0.4, -0.2) is 48.1 Å². The van der Waals surface area contributed by atoms with Crippen molar-refractivity contribution in [2.45, 2.75) is 19.5 Å². The lowest BCUT2D eigenvalue weighted by molar-refractivity contribution is -0.121. The number of rotatable bonds is 7. The van der Waals surface area contributed by atoms with Gasteiger partial charge in [0.2, 0.25) is 5.91 Å². The molecule has 3 rings (SSSR count). The average Bonchev–Trinajstić information content (AvgIpc) is 2.70. The van der Waals surface area contributed by atoms with Gasteiger partial charge in [-0.1, -0.05) is 24.3 Å². The lowest BCUT2D eigenvalue weighted by Gasteiger charge is -2.25. The molecule has 1 atom stereocenters. The molecule has 0 unspecified atom stereocenters. The number of hydrogen-bond acceptors (Lipinski definition) is 5. The second kappa shape index (κ2) is 8.87. The Balaban J connectivity index is 1.72. The molecule has 1 N–H and O–H groups in total. The Hall–Kier alpha value is -3.19. The number of carbonyl (C=O) groups excluding carboxylic acids is 1. The molecule has 1 aromatic heterocycles. The fourth-order valence-electron chi connectivity index (χ4n) is 3.32. The van der Waals surface area contributed by atoms with Gasteiger partial charge in [-0.05, 0) is 50.3 Å². The van der Waals surface area contributed by atoms with Crippen LogP contribution >= 0.6 is 0 Å². The topological polar surface area (TPSA) is 76.5 Å². The standard InChI is InChI=1S/C22H26N4O3/c1-15-7-5-10-18-21(15)24-14-26(22(18)28)13-20(27)23-12-19(25(2)3)16-8-6-9-17(11-16)29-4/h5-11,14,19H,12-13H2,1-4H3,(H,23,27)/t19-/m0/s1. The summed E-state index contributed by atoms with van der Waals surface area (Å²) in [4.78, 5) is 31.6. The molecule has 0 saturated heterocycles. The minimum absolute atomic E-state index is 0.0249. The molecule has 1 amide bonds. The van der Waals surface area contributed by atoms with E-state index in [4.69, 9.17) is 4.74 Å². The van der Waals surface area contributed by atoms with Gasteiger partial charge >= 0.3 is 0 Å². The largest absolute Gasteiger partial charge is 0.497 e. The van der Waals surface area contributed by atoms with E-state index in [0.717, 1.165) is 16.9 Å². The normalized spacial score (nSPS) is 12.2. The molecule has 0 aliphatic carbocycles. The fraction of sp³-hybridized carbons (Fsp3) is 0.318. The van der Waals surface area contributed by atoms with Crippen LogP contribution in [0.3, 0.4) is 0 Å². The molecule has 0 saturated carbocycles. The highest BCUT2D eigenvalue weighted by Crippen LogP contribution is 2.22. The van der Waals surface area contributed by atoms with Crippen molar-refractivity contribution in [3.63, 3.8) is 0 Å². The van der Waals surface area contributed by atoms with E-state index in [1.807, 2.05) is 62.3 Å². The number of benzene rings is 2. The van der Waals surface area contributed by atoms with E-state index in [1.165, 1.54) is 10.9 Å². The maximum absolute atomic E-state index is 12.7. The summed E-state index contributed by atoms with van der Waals surface area (Å²) >= 11 is 0. The van der Waals surface area contributed by atoms with Crippen molar-refractivity contribution in [1.82, 2.24) is 19.8 Å². The van der Waals surface area contributed by atoms with Crippen LogP contribution in [0.25, 0.3) is 10.9 Å². The van der Waals surface area contributed by atoms with E-state index in [1.54, 1.807) is 13.2 Å². The molecule has 7 heteroatoms. The van der Waals surface area contributed by atoms with E-state index < -0.39 is 0 Å². The number of fused-ring (bicyclic) bond motifs is 1. The monoisotopic (exact) mass is 394 g/mol. The highest BCUT2D eigenvalue weighted by atomic mass is 16.5. The smallest absolute Gasteiger partial charge is 0.261 e. The number of amides is 1. The van der Waals surface area contributed by atoms with Gasteiger partial charge in [0.05, 0.1) is 30.4 Å². The maximum atomic E-state index is 12.7. The number of ether oxygens (including phenoxy) is 1. The molecule has 0 radical (unpaired) electrons. The van der Waals surface area contributed by atoms with E-state index in [2.05, 4.69) is 10.3 Å². The van der Waals surface area contributed by atoms with Crippen LogP contribution in [0.2, 0.25) is 0 Å². The Labute approximate surface area is 169 Å². The minimum Gasteiger partial charge on any atom is -0.497 e. The average molecular weight is 394 g/mol. The highest BCUT2D eigenvalue weighted by molar-refractivity contribution is 5.81. The molecule has 2 aromatic carbocycles. The molecule has 3 aromatic rings. The van der Waals surface area contributed by atoms with E-state index in [0.29, 0.717) is 17.4 Å². The van der Waals surface area contributed by atoms with Gasteiger partial charge in [0, 0.05) is 6.54 Å². The molecule has 0 fully saturated rings. The van der Waals surface area contributed by atoms with Crippen molar-refractivity contribution in [2.75, 3.05) is 27.7 Å². The Kier molecular flexibility index (Phi) is 6.29. The van der Waals surface area contributed by atoms with Crippen molar-refractivity contribution in [2.24, 2.45) is 0 Å². The number of para-hydroxylation sites is 1. The van der Waals surface area contributed by atoms with Crippen molar-refractivity contribution < 1.29 is 9.53 Å². The second-order valence-corrected chi connectivity index (χ2v) is 7.21. The second-order valence-electron chi connectivity index (χ2n) is 7.21. The van der Waals surface area contributed by atoms with Gasteiger partial charge in [0.15, 0.2) is 0 Å². The summed E-state index contributed by atoms with van der Waals surface area (Å²) in [6.45, 7) is 2.24. The molecule has 29 heavy (non-hydrogen) atoms. The predicted molar refractivity (Wildman–Crippen MR) is 113 cm³/mol. The Bertz CT molecular complexity index is 1080. The number of likely N-dealkylation sites (N-methyl/N-ethyl adjacent to an activating group) is 1. The van der Waals surface area contributed by atoms with Gasteiger partial charge in [0.1, 0.15) is 12.3 Å². The molecule has 0 aliphatic rings. The van der Waals surface area contributed by atoms with Crippen molar-refractivity contribution in [3.8, 4) is 5.75 Å². The lowest BCUT2D eigenvalue weighted by atomic mass is 10.1. The zero-order chi connectivity index (χ0) is 21.0. The first kappa shape index (κ1) is 20.5. The lowest BCUT2D eigenvalue weighted by Crippen LogP contribution is -2.37. The number of aryl methyl sites for hydroxylation is 1. The minimum atomic E-state index is -0.240. The third-order valence-corrected chi connectivity index (χ3v) is 4.96. The Morgan fingerprint density at radius 1 is 1.24 bits per heavy atom. The highest BCUT2D eigenvalue weighted by Gasteiger charge is 2.17. The maximum Gasteiger partial charge on any atom is 0.261 e. The van der Waals surface area contributed by atoms with Crippen molar-refractivity contribution in [1.29, 1.82) is 0 Å². The first-order valence-electron chi connectivity index (χ1n) is 9.42. The van der Waals surface area contributed by atoms with Crippen LogP contribution < -0.4 is 15.6 Å². The molecule has 0 spiro atoms. The summed E-state index contributed by atoms with van der Waals surface area (Å²) in [5, 5.41) is 3.44. The first-order chi connectivity index (χ1) is 13.9. The third-order valence-electron chi connectivity index (χ3n) is 4.96. The summed E-state index contributed by atoms with van der Waals surface area (Å²) in [5.41, 5.74) is 2.42. The van der Waals surface area contributed by atoms with Crippen LogP contribution in [0.5, 0.6) is 5.75 Å². The summed E-state index contributed by atoms with van der Waals surface area (Å²) < 4.78 is 6.64. The Morgan fingerprint density at radius 2 is 2.00 bits per heavy atom. The molecule has 152 valence electrons. The van der Waals surface area contributed by atoms with Crippen LogP contribution in [0.15, 0.2) is 53.6 Å². The molecule has 0 bridgehead atoms. The van der Waals surface area contributed by atoms with Crippen molar-refractivity contribution >= 4 is 16.8 Å². The van der Waals surface area contributed by atoms with Crippen LogP contribution in [-0.2, 0) is 11.3 Å². The van der Waals surface area contributed by atoms with Crippen LogP contribution in [0.1, 0.15) is 17.2 Å². The zero-order valence-electron chi connectivity index (χ0n) is 17.2. The van der Waals surface area contributed by atoms with E-state index in [-0.39, 0.29) is 24.1 Å². The third kappa shape index (κ3) is 4.63. The van der Waals surface area contributed by atoms with Gasteiger partial charge in [-0.2, -0.15) is 0 Å². The van der Waals surface area contributed by atoms with Gasteiger partial charge in [0.25, 0.3) is 5.56 Å². The van der Waals surface area contributed by atoms with E-state index >= 15 is 0 Å². The molecule has 7 nitrogen and oxygen atoms in total.